The van der Waals surface area contributed by atoms with Crippen molar-refractivity contribution in [2.45, 2.75) is 18.9 Å². The standard InChI is InChI=1S/C11H16N2O5/c1-8-4-10(13-18-8)17-5-9(14)12-6-11(15)2-3-16-7-11/h4,15H,2-3,5-7H2,1H3,(H,12,14). The van der Waals surface area contributed by atoms with E-state index in [0.29, 0.717) is 18.8 Å². The molecule has 1 fully saturated rings. The van der Waals surface area contributed by atoms with Crippen molar-refractivity contribution in [2.75, 3.05) is 26.4 Å². The molecule has 1 aromatic rings. The van der Waals surface area contributed by atoms with Crippen LogP contribution in [0.4, 0.5) is 0 Å². The first-order valence-corrected chi connectivity index (χ1v) is 5.70. The third-order valence-corrected chi connectivity index (χ3v) is 2.65. The molecule has 2 N–H and O–H groups in total. The Morgan fingerprint density at radius 3 is 3.17 bits per heavy atom. The zero-order valence-corrected chi connectivity index (χ0v) is 10.1. The van der Waals surface area contributed by atoms with Gasteiger partial charge in [-0.1, -0.05) is 0 Å². The van der Waals surface area contributed by atoms with Gasteiger partial charge in [0.05, 0.1) is 6.61 Å². The Labute approximate surface area is 104 Å². The zero-order chi connectivity index (χ0) is 13.0. The van der Waals surface area contributed by atoms with Crippen molar-refractivity contribution in [3.05, 3.63) is 11.8 Å². The molecule has 7 nitrogen and oxygen atoms in total. The molecule has 1 aliphatic rings. The molecule has 0 saturated carbocycles. The quantitative estimate of drug-likeness (QED) is 0.746. The fraction of sp³-hybridized carbons (Fsp3) is 0.636. The SMILES string of the molecule is Cc1cc(OCC(=O)NCC2(O)CCOC2)no1. The largest absolute Gasteiger partial charge is 0.465 e. The van der Waals surface area contributed by atoms with Gasteiger partial charge in [-0.25, -0.2) is 0 Å². The van der Waals surface area contributed by atoms with Gasteiger partial charge >= 0.3 is 0 Å². The number of carbonyl (C=O) groups is 1. The Balaban J connectivity index is 1.69. The lowest BCUT2D eigenvalue weighted by Gasteiger charge is -2.20. The van der Waals surface area contributed by atoms with E-state index >= 15 is 0 Å². The molecule has 1 saturated heterocycles. The molecule has 0 aliphatic carbocycles. The fourth-order valence-electron chi connectivity index (χ4n) is 1.60. The van der Waals surface area contributed by atoms with Crippen LogP contribution in [0.3, 0.4) is 0 Å². The number of carbonyl (C=O) groups excluding carboxylic acids is 1. The summed E-state index contributed by atoms with van der Waals surface area (Å²) in [7, 11) is 0. The van der Waals surface area contributed by atoms with Crippen molar-refractivity contribution in [1.82, 2.24) is 10.5 Å². The van der Waals surface area contributed by atoms with E-state index in [2.05, 4.69) is 10.5 Å². The summed E-state index contributed by atoms with van der Waals surface area (Å²) in [6.07, 6.45) is 0.524. The fourth-order valence-corrected chi connectivity index (χ4v) is 1.60. The summed E-state index contributed by atoms with van der Waals surface area (Å²) < 4.78 is 15.0. The average molecular weight is 256 g/mol. The Morgan fingerprint density at radius 1 is 1.72 bits per heavy atom. The maximum Gasteiger partial charge on any atom is 0.258 e. The summed E-state index contributed by atoms with van der Waals surface area (Å²) in [5.74, 6) is 0.560. The minimum Gasteiger partial charge on any atom is -0.465 e. The second-order valence-electron chi connectivity index (χ2n) is 4.37. The van der Waals surface area contributed by atoms with Crippen LogP contribution in [0, 0.1) is 6.92 Å². The highest BCUT2D eigenvalue weighted by Crippen LogP contribution is 2.16. The molecular formula is C11H16N2O5. The number of ether oxygens (including phenoxy) is 2. The van der Waals surface area contributed by atoms with Gasteiger partial charge in [-0.15, -0.1) is 0 Å². The Kier molecular flexibility index (Phi) is 3.83. The van der Waals surface area contributed by atoms with Gasteiger partial charge in [0.15, 0.2) is 6.61 Å². The van der Waals surface area contributed by atoms with Crippen molar-refractivity contribution >= 4 is 5.91 Å². The van der Waals surface area contributed by atoms with Gasteiger partial charge in [0.1, 0.15) is 11.4 Å². The predicted molar refractivity (Wildman–Crippen MR) is 60.1 cm³/mol. The Morgan fingerprint density at radius 2 is 2.56 bits per heavy atom. The van der Waals surface area contributed by atoms with Gasteiger partial charge in [-0.05, 0) is 12.1 Å². The van der Waals surface area contributed by atoms with E-state index in [1.165, 1.54) is 0 Å². The van der Waals surface area contributed by atoms with Crippen molar-refractivity contribution in [1.29, 1.82) is 0 Å². The molecule has 0 bridgehead atoms. The number of aromatic nitrogens is 1. The normalized spacial score (nSPS) is 23.0. The maximum atomic E-state index is 11.5. The first-order valence-electron chi connectivity index (χ1n) is 5.70. The molecule has 0 aromatic carbocycles. The minimum absolute atomic E-state index is 0.160. The number of nitrogens with zero attached hydrogens (tertiary/aromatic N) is 1. The highest BCUT2D eigenvalue weighted by Gasteiger charge is 2.32. The number of nitrogens with one attached hydrogen (secondary N) is 1. The third-order valence-electron chi connectivity index (χ3n) is 2.65. The van der Waals surface area contributed by atoms with Crippen LogP contribution in [0.2, 0.25) is 0 Å². The summed E-state index contributed by atoms with van der Waals surface area (Å²) >= 11 is 0. The van der Waals surface area contributed by atoms with Crippen molar-refractivity contribution in [3.63, 3.8) is 0 Å². The smallest absolute Gasteiger partial charge is 0.258 e. The second kappa shape index (κ2) is 5.36. The van der Waals surface area contributed by atoms with Gasteiger partial charge in [0, 0.05) is 25.6 Å². The van der Waals surface area contributed by atoms with Crippen molar-refractivity contribution in [2.24, 2.45) is 0 Å². The molecule has 2 rings (SSSR count). The van der Waals surface area contributed by atoms with Gasteiger partial charge in [0.25, 0.3) is 11.8 Å². The summed E-state index contributed by atoms with van der Waals surface area (Å²) in [6.45, 7) is 2.49. The van der Waals surface area contributed by atoms with Gasteiger partial charge in [-0.3, -0.25) is 4.79 Å². The van der Waals surface area contributed by atoms with Gasteiger partial charge in [0.2, 0.25) is 0 Å². The molecule has 1 atom stereocenters. The van der Waals surface area contributed by atoms with E-state index in [-0.39, 0.29) is 31.5 Å². The Hall–Kier alpha value is -1.60. The van der Waals surface area contributed by atoms with Crippen LogP contribution < -0.4 is 10.1 Å². The van der Waals surface area contributed by atoms with Crippen molar-refractivity contribution < 1.29 is 23.9 Å². The molecule has 100 valence electrons. The van der Waals surface area contributed by atoms with Crippen LogP contribution in [-0.2, 0) is 9.53 Å². The van der Waals surface area contributed by atoms with Crippen LogP contribution in [0.15, 0.2) is 10.6 Å². The van der Waals surface area contributed by atoms with Crippen LogP contribution in [0.25, 0.3) is 0 Å². The molecule has 1 unspecified atom stereocenters. The number of aliphatic hydroxyl groups is 1. The summed E-state index contributed by atoms with van der Waals surface area (Å²) in [5.41, 5.74) is -0.958. The molecule has 0 radical (unpaired) electrons. The van der Waals surface area contributed by atoms with E-state index in [9.17, 15) is 9.90 Å². The molecule has 2 heterocycles. The summed E-state index contributed by atoms with van der Waals surface area (Å²) in [6, 6.07) is 1.59. The lowest BCUT2D eigenvalue weighted by molar-refractivity contribution is -0.124. The molecule has 1 aliphatic heterocycles. The van der Waals surface area contributed by atoms with E-state index < -0.39 is 5.60 Å². The molecular weight excluding hydrogens is 240 g/mol. The lowest BCUT2D eigenvalue weighted by Crippen LogP contribution is -2.44. The number of rotatable bonds is 5. The highest BCUT2D eigenvalue weighted by molar-refractivity contribution is 5.77. The molecule has 18 heavy (non-hydrogen) atoms. The van der Waals surface area contributed by atoms with E-state index in [0.717, 1.165) is 0 Å². The van der Waals surface area contributed by atoms with Gasteiger partial charge < -0.3 is 24.4 Å². The minimum atomic E-state index is -0.958. The van der Waals surface area contributed by atoms with E-state index in [1.54, 1.807) is 13.0 Å². The second-order valence-corrected chi connectivity index (χ2v) is 4.37. The van der Waals surface area contributed by atoms with Crippen LogP contribution >= 0.6 is 0 Å². The molecule has 1 aromatic heterocycles. The lowest BCUT2D eigenvalue weighted by atomic mass is 10.0. The summed E-state index contributed by atoms with van der Waals surface area (Å²) in [4.78, 5) is 11.5. The number of amides is 1. The summed E-state index contributed by atoms with van der Waals surface area (Å²) in [5, 5.41) is 16.1. The predicted octanol–water partition coefficient (Wildman–Crippen LogP) is -0.371. The number of hydrogen-bond donors (Lipinski definition) is 2. The van der Waals surface area contributed by atoms with E-state index in [1.807, 2.05) is 0 Å². The molecule has 7 heteroatoms. The number of hydrogen-bond acceptors (Lipinski definition) is 6. The van der Waals surface area contributed by atoms with Crippen molar-refractivity contribution in [3.8, 4) is 5.88 Å². The topological polar surface area (TPSA) is 93.8 Å². The van der Waals surface area contributed by atoms with E-state index in [4.69, 9.17) is 14.0 Å². The third kappa shape index (κ3) is 3.44. The first-order chi connectivity index (χ1) is 8.57. The van der Waals surface area contributed by atoms with Crippen LogP contribution in [0.1, 0.15) is 12.2 Å². The Bertz CT molecular complexity index is 411. The maximum absolute atomic E-state index is 11.5. The van der Waals surface area contributed by atoms with Crippen LogP contribution in [-0.4, -0.2) is 48.1 Å². The molecule has 0 spiro atoms. The first kappa shape index (κ1) is 12.8. The van der Waals surface area contributed by atoms with Gasteiger partial charge in [-0.2, -0.15) is 0 Å². The molecule has 1 amide bonds. The average Bonchev–Trinajstić information content (AvgIpc) is 2.94. The monoisotopic (exact) mass is 256 g/mol. The van der Waals surface area contributed by atoms with Crippen LogP contribution in [0.5, 0.6) is 5.88 Å². The highest BCUT2D eigenvalue weighted by atomic mass is 16.5. The number of aryl methyl sites for hydroxylation is 1. The zero-order valence-electron chi connectivity index (χ0n) is 10.1.